The highest BCUT2D eigenvalue weighted by molar-refractivity contribution is 7.99. The molecule has 5 heteroatoms. The third kappa shape index (κ3) is 3.71. The Hall–Kier alpha value is -0.780. The predicted molar refractivity (Wildman–Crippen MR) is 83.2 cm³/mol. The molecule has 1 spiro atoms. The number of hydrogen-bond donors (Lipinski definition) is 1. The van der Waals surface area contributed by atoms with Crippen LogP contribution in [0.3, 0.4) is 0 Å². The molecule has 0 aromatic heterocycles. The number of hydrogen-bond acceptors (Lipinski definition) is 4. The van der Waals surface area contributed by atoms with Crippen LogP contribution in [0.5, 0.6) is 5.75 Å². The van der Waals surface area contributed by atoms with Crippen molar-refractivity contribution in [3.8, 4) is 5.75 Å². The Morgan fingerprint density at radius 1 is 1.33 bits per heavy atom. The van der Waals surface area contributed by atoms with E-state index in [1.54, 1.807) is 0 Å². The molecule has 0 radical (unpaired) electrons. The van der Waals surface area contributed by atoms with Gasteiger partial charge in [-0.3, -0.25) is 0 Å². The number of ether oxygens (including phenoxy) is 2. The molecule has 0 amide bonds. The second-order valence-electron chi connectivity index (χ2n) is 5.88. The van der Waals surface area contributed by atoms with E-state index in [2.05, 4.69) is 0 Å². The van der Waals surface area contributed by atoms with Crippen molar-refractivity contribution in [3.63, 3.8) is 0 Å². The highest BCUT2D eigenvalue weighted by atomic mass is 32.2. The van der Waals surface area contributed by atoms with E-state index < -0.39 is 0 Å². The van der Waals surface area contributed by atoms with Gasteiger partial charge in [-0.1, -0.05) is 0 Å². The number of halogens is 1. The van der Waals surface area contributed by atoms with E-state index in [1.807, 2.05) is 17.8 Å². The van der Waals surface area contributed by atoms with Gasteiger partial charge in [-0.05, 0) is 42.0 Å². The van der Waals surface area contributed by atoms with Gasteiger partial charge >= 0.3 is 0 Å². The molecule has 1 aromatic rings. The fourth-order valence-corrected chi connectivity index (χ4v) is 4.41. The first-order valence-electron chi connectivity index (χ1n) is 7.57. The van der Waals surface area contributed by atoms with Crippen LogP contribution in [0.2, 0.25) is 0 Å². The lowest BCUT2D eigenvalue weighted by Crippen LogP contribution is -2.46. The zero-order valence-electron chi connectivity index (χ0n) is 12.1. The van der Waals surface area contributed by atoms with Gasteiger partial charge in [0.05, 0.1) is 12.2 Å². The fourth-order valence-electron chi connectivity index (χ4n) is 3.17. The van der Waals surface area contributed by atoms with E-state index in [-0.39, 0.29) is 17.5 Å². The molecule has 2 heterocycles. The normalized spacial score (nSPS) is 25.0. The highest BCUT2D eigenvalue weighted by Gasteiger charge is 2.39. The van der Waals surface area contributed by atoms with E-state index in [1.165, 1.54) is 12.1 Å². The predicted octanol–water partition coefficient (Wildman–Crippen LogP) is 3.11. The van der Waals surface area contributed by atoms with E-state index in [0.29, 0.717) is 12.3 Å². The first-order valence-corrected chi connectivity index (χ1v) is 8.72. The van der Waals surface area contributed by atoms with E-state index in [0.717, 1.165) is 49.4 Å². The van der Waals surface area contributed by atoms with Crippen LogP contribution in [0, 0.1) is 5.82 Å². The molecule has 2 aliphatic heterocycles. The van der Waals surface area contributed by atoms with Gasteiger partial charge < -0.3 is 15.2 Å². The summed E-state index contributed by atoms with van der Waals surface area (Å²) < 4.78 is 25.6. The summed E-state index contributed by atoms with van der Waals surface area (Å²) in [5, 5.41) is 0. The third-order valence-corrected chi connectivity index (χ3v) is 5.31. The molecule has 0 saturated carbocycles. The van der Waals surface area contributed by atoms with Gasteiger partial charge in [0.25, 0.3) is 0 Å². The maximum Gasteiger partial charge on any atom is 0.127 e. The lowest BCUT2D eigenvalue weighted by Gasteiger charge is -2.43. The van der Waals surface area contributed by atoms with Crippen LogP contribution in [0.4, 0.5) is 4.39 Å². The Balaban J connectivity index is 1.68. The molecule has 2 saturated heterocycles. The molecular formula is C16H22FNO2S. The summed E-state index contributed by atoms with van der Waals surface area (Å²) in [5.74, 6) is 2.61. The van der Waals surface area contributed by atoms with Crippen LogP contribution in [0.15, 0.2) is 18.2 Å². The molecule has 3 rings (SSSR count). The molecule has 0 aliphatic carbocycles. The van der Waals surface area contributed by atoms with Gasteiger partial charge in [-0.15, -0.1) is 0 Å². The van der Waals surface area contributed by atoms with Crippen molar-refractivity contribution >= 4 is 11.8 Å². The number of thioether (sulfide) groups is 1. The van der Waals surface area contributed by atoms with Gasteiger partial charge in [-0.25, -0.2) is 4.39 Å². The lowest BCUT2D eigenvalue weighted by molar-refractivity contribution is -0.116. The third-order valence-electron chi connectivity index (χ3n) is 4.32. The van der Waals surface area contributed by atoms with Crippen molar-refractivity contribution in [3.05, 3.63) is 29.6 Å². The topological polar surface area (TPSA) is 44.5 Å². The van der Waals surface area contributed by atoms with Gasteiger partial charge in [0, 0.05) is 25.5 Å². The van der Waals surface area contributed by atoms with Crippen LogP contribution in [-0.4, -0.2) is 29.8 Å². The molecule has 1 atom stereocenters. The van der Waals surface area contributed by atoms with Crippen molar-refractivity contribution in [1.82, 2.24) is 0 Å². The SMILES string of the molecule is NCc1cc(F)cc(OC2CCOC3(CCSCC3)C2)c1. The Morgan fingerprint density at radius 3 is 2.90 bits per heavy atom. The number of rotatable bonds is 3. The monoisotopic (exact) mass is 311 g/mol. The second-order valence-corrected chi connectivity index (χ2v) is 7.10. The van der Waals surface area contributed by atoms with Crippen molar-refractivity contribution < 1.29 is 13.9 Å². The molecule has 116 valence electrons. The van der Waals surface area contributed by atoms with Crippen molar-refractivity contribution in [2.24, 2.45) is 5.73 Å². The Morgan fingerprint density at radius 2 is 2.14 bits per heavy atom. The average molecular weight is 311 g/mol. The lowest BCUT2D eigenvalue weighted by atomic mass is 9.86. The minimum absolute atomic E-state index is 0.0157. The van der Waals surface area contributed by atoms with E-state index in [4.69, 9.17) is 15.2 Å². The first-order chi connectivity index (χ1) is 10.2. The van der Waals surface area contributed by atoms with Crippen LogP contribution < -0.4 is 10.5 Å². The van der Waals surface area contributed by atoms with Gasteiger partial charge in [0.15, 0.2) is 0 Å². The molecule has 2 fully saturated rings. The van der Waals surface area contributed by atoms with Crippen LogP contribution in [0.25, 0.3) is 0 Å². The quantitative estimate of drug-likeness (QED) is 0.931. The Labute approximate surface area is 129 Å². The zero-order valence-corrected chi connectivity index (χ0v) is 13.0. The smallest absolute Gasteiger partial charge is 0.127 e. The van der Waals surface area contributed by atoms with E-state index in [9.17, 15) is 4.39 Å². The molecule has 2 N–H and O–H groups in total. The molecule has 1 aromatic carbocycles. The van der Waals surface area contributed by atoms with E-state index >= 15 is 0 Å². The van der Waals surface area contributed by atoms with Gasteiger partial charge in [-0.2, -0.15) is 11.8 Å². The minimum Gasteiger partial charge on any atom is -0.490 e. The largest absolute Gasteiger partial charge is 0.490 e. The first kappa shape index (κ1) is 15.1. The van der Waals surface area contributed by atoms with Crippen molar-refractivity contribution in [1.29, 1.82) is 0 Å². The highest BCUT2D eigenvalue weighted by Crippen LogP contribution is 2.38. The number of benzene rings is 1. The van der Waals surface area contributed by atoms with Gasteiger partial charge in [0.1, 0.15) is 17.7 Å². The maximum atomic E-state index is 13.6. The Kier molecular flexibility index (Phi) is 4.72. The standard InChI is InChI=1S/C16H22FNO2S/c17-13-7-12(11-18)8-15(9-13)20-14-1-4-19-16(10-14)2-5-21-6-3-16/h7-9,14H,1-6,10-11,18H2. The molecule has 2 aliphatic rings. The fraction of sp³-hybridized carbons (Fsp3) is 0.625. The summed E-state index contributed by atoms with van der Waals surface area (Å²) >= 11 is 1.99. The van der Waals surface area contributed by atoms with Crippen molar-refractivity contribution in [2.75, 3.05) is 18.1 Å². The summed E-state index contributed by atoms with van der Waals surface area (Å²) in [6.07, 6.45) is 4.06. The molecule has 21 heavy (non-hydrogen) atoms. The maximum absolute atomic E-state index is 13.6. The summed E-state index contributed by atoms with van der Waals surface area (Å²) in [5.41, 5.74) is 6.34. The summed E-state index contributed by atoms with van der Waals surface area (Å²) in [4.78, 5) is 0. The summed E-state index contributed by atoms with van der Waals surface area (Å²) in [7, 11) is 0. The molecule has 3 nitrogen and oxygen atoms in total. The van der Waals surface area contributed by atoms with Crippen LogP contribution >= 0.6 is 11.8 Å². The van der Waals surface area contributed by atoms with Crippen molar-refractivity contribution in [2.45, 2.75) is 43.9 Å². The second kappa shape index (κ2) is 6.55. The summed E-state index contributed by atoms with van der Waals surface area (Å²) in [6.45, 7) is 1.05. The average Bonchev–Trinajstić information content (AvgIpc) is 2.47. The zero-order chi connectivity index (χ0) is 14.7. The van der Waals surface area contributed by atoms with Crippen LogP contribution in [-0.2, 0) is 11.3 Å². The van der Waals surface area contributed by atoms with Crippen LogP contribution in [0.1, 0.15) is 31.2 Å². The molecule has 1 unspecified atom stereocenters. The Bertz CT molecular complexity index is 486. The minimum atomic E-state index is -0.288. The summed E-state index contributed by atoms with van der Waals surface area (Å²) in [6, 6.07) is 4.73. The van der Waals surface area contributed by atoms with Gasteiger partial charge in [0.2, 0.25) is 0 Å². The molecule has 0 bridgehead atoms. The molecular weight excluding hydrogens is 289 g/mol. The number of nitrogens with two attached hydrogens (primary N) is 1.